The molecule has 0 spiro atoms. The van der Waals surface area contributed by atoms with E-state index < -0.39 is 0 Å². The van der Waals surface area contributed by atoms with Gasteiger partial charge in [-0.3, -0.25) is 4.98 Å². The first-order valence-electron chi connectivity index (χ1n) is 6.13. The molecule has 20 heavy (non-hydrogen) atoms. The zero-order valence-electron chi connectivity index (χ0n) is 10.8. The van der Waals surface area contributed by atoms with E-state index >= 15 is 0 Å². The van der Waals surface area contributed by atoms with Gasteiger partial charge in [-0.2, -0.15) is 0 Å². The molecule has 3 aromatic rings. The summed E-state index contributed by atoms with van der Waals surface area (Å²) in [4.78, 5) is 8.49. The van der Waals surface area contributed by atoms with E-state index in [0.717, 1.165) is 16.7 Å². The standard InChI is InChI=1S/C15H12ClN3O/c1-17-14-9-10(6-8-18-14)20-13-5-4-12(16)11-3-2-7-19-15(11)13/h2-9H,1H3,(H,17,18). The van der Waals surface area contributed by atoms with Crippen LogP contribution in [0.3, 0.4) is 0 Å². The van der Waals surface area contributed by atoms with E-state index in [1.54, 1.807) is 24.5 Å². The Bertz CT molecular complexity index is 761. The molecule has 0 aliphatic carbocycles. The van der Waals surface area contributed by atoms with Gasteiger partial charge >= 0.3 is 0 Å². The molecule has 0 aliphatic rings. The Balaban J connectivity index is 2.04. The molecule has 100 valence electrons. The Morgan fingerprint density at radius 3 is 2.85 bits per heavy atom. The molecule has 0 aliphatic heterocycles. The Morgan fingerprint density at radius 2 is 2.00 bits per heavy atom. The quantitative estimate of drug-likeness (QED) is 0.786. The van der Waals surface area contributed by atoms with Crippen LogP contribution in [0.5, 0.6) is 11.5 Å². The lowest BCUT2D eigenvalue weighted by atomic mass is 10.2. The number of rotatable bonds is 3. The molecular formula is C15H12ClN3O. The van der Waals surface area contributed by atoms with Gasteiger partial charge in [0.25, 0.3) is 0 Å². The topological polar surface area (TPSA) is 47.0 Å². The van der Waals surface area contributed by atoms with Gasteiger partial charge in [-0.05, 0) is 30.3 Å². The van der Waals surface area contributed by atoms with Gasteiger partial charge < -0.3 is 10.1 Å². The van der Waals surface area contributed by atoms with E-state index in [2.05, 4.69) is 15.3 Å². The van der Waals surface area contributed by atoms with Crippen molar-refractivity contribution in [3.8, 4) is 11.5 Å². The predicted molar refractivity (Wildman–Crippen MR) is 80.6 cm³/mol. The summed E-state index contributed by atoms with van der Waals surface area (Å²) in [6.45, 7) is 0. The highest BCUT2D eigenvalue weighted by molar-refractivity contribution is 6.35. The first kappa shape index (κ1) is 12.7. The molecule has 0 unspecified atom stereocenters. The van der Waals surface area contributed by atoms with Gasteiger partial charge in [-0.25, -0.2) is 4.98 Å². The summed E-state index contributed by atoms with van der Waals surface area (Å²) >= 11 is 6.16. The molecule has 2 aromatic heterocycles. The summed E-state index contributed by atoms with van der Waals surface area (Å²) in [5.74, 6) is 2.10. The molecule has 0 fully saturated rings. The minimum Gasteiger partial charge on any atom is -0.455 e. The lowest BCUT2D eigenvalue weighted by Gasteiger charge is -2.09. The van der Waals surface area contributed by atoms with Gasteiger partial charge in [0.05, 0.1) is 5.02 Å². The molecular weight excluding hydrogens is 274 g/mol. The molecule has 4 nitrogen and oxygen atoms in total. The van der Waals surface area contributed by atoms with Crippen LogP contribution >= 0.6 is 11.6 Å². The van der Waals surface area contributed by atoms with Crippen molar-refractivity contribution in [2.24, 2.45) is 0 Å². The predicted octanol–water partition coefficient (Wildman–Crippen LogP) is 4.12. The fourth-order valence-electron chi connectivity index (χ4n) is 1.93. The van der Waals surface area contributed by atoms with Crippen molar-refractivity contribution in [3.63, 3.8) is 0 Å². The first-order chi connectivity index (χ1) is 9.78. The number of benzene rings is 1. The fraction of sp³-hybridized carbons (Fsp3) is 0.0667. The number of nitrogens with one attached hydrogen (secondary N) is 1. The van der Waals surface area contributed by atoms with Gasteiger partial charge in [0.1, 0.15) is 17.1 Å². The minimum atomic E-state index is 0.658. The second kappa shape index (κ2) is 5.35. The number of hydrogen-bond donors (Lipinski definition) is 1. The molecule has 0 saturated heterocycles. The van der Waals surface area contributed by atoms with Gasteiger partial charge in [-0.15, -0.1) is 0 Å². The van der Waals surface area contributed by atoms with E-state index in [0.29, 0.717) is 16.5 Å². The van der Waals surface area contributed by atoms with Crippen molar-refractivity contribution in [2.45, 2.75) is 0 Å². The van der Waals surface area contributed by atoms with Crippen molar-refractivity contribution in [1.82, 2.24) is 9.97 Å². The van der Waals surface area contributed by atoms with Crippen molar-refractivity contribution >= 4 is 28.3 Å². The van der Waals surface area contributed by atoms with Crippen molar-refractivity contribution in [1.29, 1.82) is 0 Å². The van der Waals surface area contributed by atoms with E-state index in [1.807, 2.05) is 31.3 Å². The zero-order chi connectivity index (χ0) is 13.9. The van der Waals surface area contributed by atoms with E-state index in [4.69, 9.17) is 16.3 Å². The average molecular weight is 286 g/mol. The monoisotopic (exact) mass is 285 g/mol. The number of hydrogen-bond acceptors (Lipinski definition) is 4. The summed E-state index contributed by atoms with van der Waals surface area (Å²) in [6.07, 6.45) is 3.41. The zero-order valence-corrected chi connectivity index (χ0v) is 11.6. The molecule has 2 heterocycles. The van der Waals surface area contributed by atoms with Gasteiger partial charge in [0, 0.05) is 30.9 Å². The number of nitrogens with zero attached hydrogens (tertiary/aromatic N) is 2. The Hall–Kier alpha value is -2.33. The molecule has 0 saturated carbocycles. The number of fused-ring (bicyclic) bond motifs is 1. The van der Waals surface area contributed by atoms with Crippen molar-refractivity contribution < 1.29 is 4.74 Å². The summed E-state index contributed by atoms with van der Waals surface area (Å²) in [5, 5.41) is 4.50. The summed E-state index contributed by atoms with van der Waals surface area (Å²) in [7, 11) is 1.81. The van der Waals surface area contributed by atoms with Crippen LogP contribution in [0.4, 0.5) is 5.82 Å². The van der Waals surface area contributed by atoms with Crippen molar-refractivity contribution in [3.05, 3.63) is 53.8 Å². The molecule has 0 atom stereocenters. The van der Waals surface area contributed by atoms with Gasteiger partial charge in [0.2, 0.25) is 0 Å². The minimum absolute atomic E-state index is 0.658. The maximum Gasteiger partial charge on any atom is 0.153 e. The first-order valence-corrected chi connectivity index (χ1v) is 6.50. The van der Waals surface area contributed by atoms with Crippen LogP contribution in [0.2, 0.25) is 5.02 Å². The highest BCUT2D eigenvalue weighted by Gasteiger charge is 2.08. The van der Waals surface area contributed by atoms with E-state index in [9.17, 15) is 0 Å². The van der Waals surface area contributed by atoms with Crippen LogP contribution in [0.1, 0.15) is 0 Å². The summed E-state index contributed by atoms with van der Waals surface area (Å²) < 4.78 is 5.89. The van der Waals surface area contributed by atoms with Gasteiger partial charge in [-0.1, -0.05) is 11.6 Å². The van der Waals surface area contributed by atoms with Crippen LogP contribution in [0.25, 0.3) is 10.9 Å². The average Bonchev–Trinajstić information content (AvgIpc) is 2.51. The fourth-order valence-corrected chi connectivity index (χ4v) is 2.15. The Morgan fingerprint density at radius 1 is 1.10 bits per heavy atom. The van der Waals surface area contributed by atoms with Gasteiger partial charge in [0.15, 0.2) is 5.75 Å². The molecule has 0 radical (unpaired) electrons. The third-order valence-corrected chi connectivity index (χ3v) is 3.22. The third-order valence-electron chi connectivity index (χ3n) is 2.89. The van der Waals surface area contributed by atoms with Crippen LogP contribution in [-0.2, 0) is 0 Å². The van der Waals surface area contributed by atoms with Crippen molar-refractivity contribution in [2.75, 3.05) is 12.4 Å². The normalized spacial score (nSPS) is 10.5. The maximum atomic E-state index is 6.16. The van der Waals surface area contributed by atoms with Crippen LogP contribution < -0.4 is 10.1 Å². The smallest absolute Gasteiger partial charge is 0.153 e. The third kappa shape index (κ3) is 2.38. The number of ether oxygens (including phenoxy) is 1. The molecule has 1 aromatic carbocycles. The van der Waals surface area contributed by atoms with E-state index in [-0.39, 0.29) is 0 Å². The highest BCUT2D eigenvalue weighted by atomic mass is 35.5. The Kier molecular flexibility index (Phi) is 3.39. The second-order valence-electron chi connectivity index (χ2n) is 4.17. The summed E-state index contributed by atoms with van der Waals surface area (Å²) in [5.41, 5.74) is 0.739. The summed E-state index contributed by atoms with van der Waals surface area (Å²) in [6, 6.07) is 11.0. The Labute approximate surface area is 121 Å². The lowest BCUT2D eigenvalue weighted by molar-refractivity contribution is 0.487. The highest BCUT2D eigenvalue weighted by Crippen LogP contribution is 2.32. The molecule has 0 amide bonds. The second-order valence-corrected chi connectivity index (χ2v) is 4.58. The largest absolute Gasteiger partial charge is 0.455 e. The van der Waals surface area contributed by atoms with Crippen LogP contribution in [0, 0.1) is 0 Å². The number of pyridine rings is 2. The number of halogens is 1. The molecule has 5 heteroatoms. The van der Waals surface area contributed by atoms with Crippen LogP contribution in [-0.4, -0.2) is 17.0 Å². The SMILES string of the molecule is CNc1cc(Oc2ccc(Cl)c3cccnc23)ccn1. The molecule has 0 bridgehead atoms. The molecule has 3 rings (SSSR count). The number of anilines is 1. The van der Waals surface area contributed by atoms with Crippen LogP contribution in [0.15, 0.2) is 48.8 Å². The molecule has 1 N–H and O–H groups in total. The maximum absolute atomic E-state index is 6.16. The lowest BCUT2D eigenvalue weighted by Crippen LogP contribution is -1.93. The van der Waals surface area contributed by atoms with E-state index in [1.165, 1.54) is 0 Å². The number of aromatic nitrogens is 2.